The molecule has 178 valence electrons. The number of halogens is 4. The number of fused-ring (bicyclic) bond motifs is 4. The lowest BCUT2D eigenvalue weighted by molar-refractivity contribution is -0.168. The van der Waals surface area contributed by atoms with Gasteiger partial charge < -0.3 is 10.1 Å². The highest BCUT2D eigenvalue weighted by atomic mass is 19.4. The number of alkyl halides is 3. The Kier molecular flexibility index (Phi) is 4.68. The van der Waals surface area contributed by atoms with E-state index in [9.17, 15) is 13.2 Å². The second kappa shape index (κ2) is 7.57. The van der Waals surface area contributed by atoms with Crippen molar-refractivity contribution in [3.05, 3.63) is 59.3 Å². The Morgan fingerprint density at radius 3 is 2.71 bits per heavy atom. The first kappa shape index (κ1) is 21.6. The van der Waals surface area contributed by atoms with Gasteiger partial charge in [0.25, 0.3) is 5.78 Å². The van der Waals surface area contributed by atoms with Crippen LogP contribution in [-0.4, -0.2) is 32.3 Å². The Morgan fingerprint density at radius 2 is 1.94 bits per heavy atom. The molecule has 10 heteroatoms. The minimum Gasteiger partial charge on any atom is -0.481 e. The number of nitrogens with one attached hydrogen (secondary N) is 1. The summed E-state index contributed by atoms with van der Waals surface area (Å²) >= 11 is 0. The van der Waals surface area contributed by atoms with Crippen molar-refractivity contribution in [2.45, 2.75) is 38.5 Å². The zero-order chi connectivity index (χ0) is 24.4. The SMILES string of the molecule is Cc1nnc2nc(C3CCNc4cccc(C#CC5(C(F)(F)F)CC5)c4O3)c3c(F)cccc3n12. The maximum absolute atomic E-state index is 15.1. The molecule has 1 saturated carbocycles. The average molecular weight is 481 g/mol. The minimum absolute atomic E-state index is 0.00672. The van der Waals surface area contributed by atoms with Gasteiger partial charge in [-0.2, -0.15) is 13.2 Å². The van der Waals surface area contributed by atoms with Crippen LogP contribution in [0.15, 0.2) is 36.4 Å². The van der Waals surface area contributed by atoms with Gasteiger partial charge >= 0.3 is 6.18 Å². The maximum Gasteiger partial charge on any atom is 0.405 e. The number of anilines is 1. The van der Waals surface area contributed by atoms with E-state index in [1.54, 1.807) is 41.7 Å². The normalized spacial score (nSPS) is 18.7. The average Bonchev–Trinajstić information content (AvgIpc) is 3.58. The number of aromatic nitrogens is 4. The van der Waals surface area contributed by atoms with Crippen molar-refractivity contribution in [2.75, 3.05) is 11.9 Å². The molecular weight excluding hydrogens is 462 g/mol. The van der Waals surface area contributed by atoms with Crippen LogP contribution in [0.3, 0.4) is 0 Å². The number of ether oxygens (including phenoxy) is 1. The standard InChI is InChI=1S/C25H19F4N5O/c1-14-32-33-23-31-21(20-16(26)5-3-7-18(20)34(14)23)19-9-13-30-17-6-2-4-15(22(17)35-19)8-10-24(11-12-24)25(27,28)29/h2-7,19,30H,9,11-13H2,1H3. The molecular formula is C25H19F4N5O. The molecule has 0 bridgehead atoms. The summed E-state index contributed by atoms with van der Waals surface area (Å²) in [6.07, 6.45) is -4.64. The first-order valence-electron chi connectivity index (χ1n) is 11.2. The van der Waals surface area contributed by atoms with Crippen molar-refractivity contribution in [3.63, 3.8) is 0 Å². The van der Waals surface area contributed by atoms with Crippen molar-refractivity contribution in [3.8, 4) is 17.6 Å². The van der Waals surface area contributed by atoms with Crippen LogP contribution in [0.4, 0.5) is 23.2 Å². The van der Waals surface area contributed by atoms with E-state index >= 15 is 4.39 Å². The van der Waals surface area contributed by atoms with Gasteiger partial charge in [0.2, 0.25) is 0 Å². The van der Waals surface area contributed by atoms with Gasteiger partial charge in [-0.25, -0.2) is 9.37 Å². The fourth-order valence-corrected chi connectivity index (χ4v) is 4.48. The zero-order valence-corrected chi connectivity index (χ0v) is 18.6. The van der Waals surface area contributed by atoms with E-state index < -0.39 is 23.5 Å². The van der Waals surface area contributed by atoms with Crippen molar-refractivity contribution in [1.82, 2.24) is 19.6 Å². The molecule has 4 aromatic rings. The van der Waals surface area contributed by atoms with Crippen molar-refractivity contribution < 1.29 is 22.3 Å². The Hall–Kier alpha value is -3.87. The topological polar surface area (TPSA) is 64.3 Å². The van der Waals surface area contributed by atoms with Gasteiger partial charge in [0.1, 0.15) is 23.2 Å². The van der Waals surface area contributed by atoms with Crippen LogP contribution in [0.5, 0.6) is 5.75 Å². The van der Waals surface area contributed by atoms with Gasteiger partial charge in [-0.3, -0.25) is 4.40 Å². The van der Waals surface area contributed by atoms with Crippen LogP contribution in [0.25, 0.3) is 16.7 Å². The summed E-state index contributed by atoms with van der Waals surface area (Å²) in [6.45, 7) is 2.24. The summed E-state index contributed by atoms with van der Waals surface area (Å²) < 4.78 is 63.3. The van der Waals surface area contributed by atoms with Crippen LogP contribution < -0.4 is 10.1 Å². The smallest absolute Gasteiger partial charge is 0.405 e. The number of benzene rings is 2. The molecule has 1 unspecified atom stereocenters. The Balaban J connectivity index is 1.47. The maximum atomic E-state index is 15.1. The van der Waals surface area contributed by atoms with E-state index in [1.807, 2.05) is 0 Å². The van der Waals surface area contributed by atoms with Crippen molar-refractivity contribution >= 4 is 22.4 Å². The molecule has 2 aromatic carbocycles. The lowest BCUT2D eigenvalue weighted by Gasteiger charge is -2.20. The summed E-state index contributed by atoms with van der Waals surface area (Å²) in [7, 11) is 0. The molecule has 3 heterocycles. The molecule has 6 nitrogen and oxygen atoms in total. The second-order valence-electron chi connectivity index (χ2n) is 8.85. The Bertz CT molecular complexity index is 1550. The quantitative estimate of drug-likeness (QED) is 0.293. The number of hydrogen-bond acceptors (Lipinski definition) is 5. The number of aryl methyl sites for hydroxylation is 1. The van der Waals surface area contributed by atoms with E-state index in [4.69, 9.17) is 4.74 Å². The molecule has 1 fully saturated rings. The monoisotopic (exact) mass is 481 g/mol. The second-order valence-corrected chi connectivity index (χ2v) is 8.85. The van der Waals surface area contributed by atoms with E-state index in [1.165, 1.54) is 6.07 Å². The Labute approximate surface area is 197 Å². The van der Waals surface area contributed by atoms with E-state index in [-0.39, 0.29) is 18.2 Å². The molecule has 2 aliphatic rings. The predicted molar refractivity (Wildman–Crippen MR) is 121 cm³/mol. The largest absolute Gasteiger partial charge is 0.481 e. The Morgan fingerprint density at radius 1 is 1.14 bits per heavy atom. The number of hydrogen-bond donors (Lipinski definition) is 1. The summed E-state index contributed by atoms with van der Waals surface area (Å²) in [5.74, 6) is 5.88. The van der Waals surface area contributed by atoms with Crippen LogP contribution in [-0.2, 0) is 0 Å². The first-order chi connectivity index (χ1) is 16.8. The fraction of sp³-hybridized carbons (Fsp3) is 0.320. The van der Waals surface area contributed by atoms with Crippen LogP contribution in [0.2, 0.25) is 0 Å². The molecule has 1 N–H and O–H groups in total. The molecule has 2 aromatic heterocycles. The molecule has 0 radical (unpaired) electrons. The van der Waals surface area contributed by atoms with Crippen LogP contribution in [0.1, 0.15) is 42.4 Å². The summed E-state index contributed by atoms with van der Waals surface area (Å²) in [6, 6.07) is 9.83. The molecule has 1 atom stereocenters. The molecule has 35 heavy (non-hydrogen) atoms. The summed E-state index contributed by atoms with van der Waals surface area (Å²) in [5, 5.41) is 11.7. The number of para-hydroxylation sites is 1. The molecule has 6 rings (SSSR count). The highest BCUT2D eigenvalue weighted by Crippen LogP contribution is 2.57. The lowest BCUT2D eigenvalue weighted by Crippen LogP contribution is -2.22. The van der Waals surface area contributed by atoms with Gasteiger partial charge in [0.15, 0.2) is 5.75 Å². The molecule has 1 aliphatic carbocycles. The van der Waals surface area contributed by atoms with Crippen molar-refractivity contribution in [2.24, 2.45) is 5.41 Å². The van der Waals surface area contributed by atoms with E-state index in [0.717, 1.165) is 0 Å². The van der Waals surface area contributed by atoms with Gasteiger partial charge in [-0.15, -0.1) is 10.2 Å². The van der Waals surface area contributed by atoms with Crippen molar-refractivity contribution in [1.29, 1.82) is 0 Å². The molecule has 0 spiro atoms. The van der Waals surface area contributed by atoms with Crippen LogP contribution >= 0.6 is 0 Å². The lowest BCUT2D eigenvalue weighted by atomic mass is 10.1. The highest BCUT2D eigenvalue weighted by Gasteiger charge is 2.62. The predicted octanol–water partition coefficient (Wildman–Crippen LogP) is 5.35. The first-order valence-corrected chi connectivity index (χ1v) is 11.2. The molecule has 0 saturated heterocycles. The number of nitrogens with zero attached hydrogens (tertiary/aromatic N) is 4. The van der Waals surface area contributed by atoms with E-state index in [2.05, 4.69) is 32.3 Å². The minimum atomic E-state index is -4.38. The number of rotatable bonds is 1. The van der Waals surface area contributed by atoms with Gasteiger partial charge in [0, 0.05) is 13.0 Å². The molecule has 0 amide bonds. The van der Waals surface area contributed by atoms with Crippen LogP contribution in [0, 0.1) is 30.0 Å². The fourth-order valence-electron chi connectivity index (χ4n) is 4.48. The highest BCUT2D eigenvalue weighted by molar-refractivity contribution is 5.84. The zero-order valence-electron chi connectivity index (χ0n) is 18.6. The van der Waals surface area contributed by atoms with E-state index in [0.29, 0.717) is 52.8 Å². The summed E-state index contributed by atoms with van der Waals surface area (Å²) in [4.78, 5) is 4.59. The third-order valence-electron chi connectivity index (χ3n) is 6.55. The van der Waals surface area contributed by atoms with Gasteiger partial charge in [0.05, 0.1) is 27.8 Å². The third-order valence-corrected chi connectivity index (χ3v) is 6.55. The third kappa shape index (κ3) is 3.45. The van der Waals surface area contributed by atoms with Gasteiger partial charge in [-0.1, -0.05) is 24.0 Å². The van der Waals surface area contributed by atoms with Gasteiger partial charge in [-0.05, 0) is 44.0 Å². The molecule has 1 aliphatic heterocycles. The summed E-state index contributed by atoms with van der Waals surface area (Å²) in [5.41, 5.74) is -0.0983.